The average molecular weight is 311 g/mol. The molecule has 21 heavy (non-hydrogen) atoms. The van der Waals surface area contributed by atoms with Gasteiger partial charge in [-0.1, -0.05) is 13.8 Å². The lowest BCUT2D eigenvalue weighted by atomic mass is 9.94. The second-order valence-electron chi connectivity index (χ2n) is 6.74. The van der Waals surface area contributed by atoms with Crippen molar-refractivity contribution in [3.05, 3.63) is 11.3 Å². The van der Waals surface area contributed by atoms with Crippen molar-refractivity contribution in [2.45, 2.75) is 52.6 Å². The Morgan fingerprint density at radius 3 is 2.57 bits per heavy atom. The van der Waals surface area contributed by atoms with Crippen LogP contribution in [0.1, 0.15) is 40.5 Å². The van der Waals surface area contributed by atoms with Gasteiger partial charge in [-0.2, -0.15) is 4.31 Å². The van der Waals surface area contributed by atoms with E-state index in [1.807, 2.05) is 6.92 Å². The molecule has 3 aliphatic rings. The van der Waals surface area contributed by atoms with E-state index in [-0.39, 0.29) is 12.1 Å². The third kappa shape index (κ3) is 2.42. The zero-order chi connectivity index (χ0) is 15.4. The molecule has 0 N–H and O–H groups in total. The van der Waals surface area contributed by atoms with Gasteiger partial charge in [-0.3, -0.25) is 4.99 Å². The Morgan fingerprint density at radius 2 is 2.00 bits per heavy atom. The normalized spacial score (nSPS) is 32.8. The minimum Gasteiger partial charge on any atom is -0.332 e. The average Bonchev–Trinajstić information content (AvgIpc) is 2.96. The zero-order valence-corrected chi connectivity index (χ0v) is 14.2. The van der Waals surface area contributed by atoms with Gasteiger partial charge >= 0.3 is 0 Å². The van der Waals surface area contributed by atoms with Crippen LogP contribution < -0.4 is 0 Å². The van der Waals surface area contributed by atoms with Gasteiger partial charge < -0.3 is 4.90 Å². The molecule has 0 saturated carbocycles. The standard InChI is InChI=1S/C15H25N3O2S/c1-10(2)15-11(3)14-8-13(9-17(14)12(4)16-15)18-6-5-7-21(18,19)20/h10,13,15H,5-9H2,1-4H3. The number of aliphatic imine (C=N–C) groups is 1. The van der Waals surface area contributed by atoms with Crippen LogP contribution >= 0.6 is 0 Å². The smallest absolute Gasteiger partial charge is 0.214 e. The van der Waals surface area contributed by atoms with Gasteiger partial charge in [0, 0.05) is 31.2 Å². The monoisotopic (exact) mass is 311 g/mol. The predicted molar refractivity (Wildman–Crippen MR) is 84.7 cm³/mol. The molecule has 5 nitrogen and oxygen atoms in total. The van der Waals surface area contributed by atoms with Crippen LogP contribution in [-0.4, -0.2) is 54.4 Å². The molecular weight excluding hydrogens is 286 g/mol. The van der Waals surface area contributed by atoms with E-state index in [1.54, 1.807) is 4.31 Å². The first kappa shape index (κ1) is 15.0. The maximum Gasteiger partial charge on any atom is 0.214 e. The largest absolute Gasteiger partial charge is 0.332 e. The van der Waals surface area contributed by atoms with Gasteiger partial charge in [-0.15, -0.1) is 0 Å². The molecule has 0 radical (unpaired) electrons. The van der Waals surface area contributed by atoms with E-state index in [0.717, 1.165) is 25.2 Å². The molecular formula is C15H25N3O2S. The fraction of sp³-hybridized carbons (Fsp3) is 0.800. The van der Waals surface area contributed by atoms with E-state index in [9.17, 15) is 8.42 Å². The number of amidine groups is 1. The van der Waals surface area contributed by atoms with E-state index in [2.05, 4.69) is 25.7 Å². The summed E-state index contributed by atoms with van der Waals surface area (Å²) >= 11 is 0. The van der Waals surface area contributed by atoms with Gasteiger partial charge in [0.15, 0.2) is 0 Å². The molecule has 3 aliphatic heterocycles. The van der Waals surface area contributed by atoms with Gasteiger partial charge in [0.2, 0.25) is 10.0 Å². The Kier molecular flexibility index (Phi) is 3.64. The molecule has 0 amide bonds. The predicted octanol–water partition coefficient (Wildman–Crippen LogP) is 1.83. The number of nitrogens with zero attached hydrogens (tertiary/aromatic N) is 3. The van der Waals surface area contributed by atoms with Gasteiger partial charge in [0.05, 0.1) is 11.8 Å². The van der Waals surface area contributed by atoms with Crippen molar-refractivity contribution in [3.8, 4) is 0 Å². The van der Waals surface area contributed by atoms with Gasteiger partial charge in [0.1, 0.15) is 5.84 Å². The van der Waals surface area contributed by atoms with E-state index >= 15 is 0 Å². The summed E-state index contributed by atoms with van der Waals surface area (Å²) in [5, 5.41) is 0. The van der Waals surface area contributed by atoms with Crippen molar-refractivity contribution >= 4 is 15.9 Å². The van der Waals surface area contributed by atoms with Crippen LogP contribution in [0.4, 0.5) is 0 Å². The quantitative estimate of drug-likeness (QED) is 0.782. The summed E-state index contributed by atoms with van der Waals surface area (Å²) in [4.78, 5) is 7.05. The number of sulfonamides is 1. The van der Waals surface area contributed by atoms with Crippen LogP contribution in [0.2, 0.25) is 0 Å². The topological polar surface area (TPSA) is 53.0 Å². The molecule has 2 atom stereocenters. The molecule has 2 fully saturated rings. The third-order valence-electron chi connectivity index (χ3n) is 4.94. The van der Waals surface area contributed by atoms with Crippen molar-refractivity contribution in [1.82, 2.24) is 9.21 Å². The molecule has 2 saturated heterocycles. The molecule has 0 spiro atoms. The fourth-order valence-corrected chi connectivity index (χ4v) is 5.60. The van der Waals surface area contributed by atoms with Crippen molar-refractivity contribution in [2.75, 3.05) is 18.8 Å². The van der Waals surface area contributed by atoms with Gasteiger partial charge in [-0.05, 0) is 31.8 Å². The van der Waals surface area contributed by atoms with E-state index < -0.39 is 10.0 Å². The van der Waals surface area contributed by atoms with Crippen LogP contribution in [0.25, 0.3) is 0 Å². The van der Waals surface area contributed by atoms with E-state index in [0.29, 0.717) is 18.2 Å². The van der Waals surface area contributed by atoms with Crippen molar-refractivity contribution in [3.63, 3.8) is 0 Å². The Hall–Kier alpha value is -0.880. The minimum absolute atomic E-state index is 0.0820. The lowest BCUT2D eigenvalue weighted by Gasteiger charge is -2.32. The van der Waals surface area contributed by atoms with E-state index in [4.69, 9.17) is 4.99 Å². The number of hydrogen-bond donors (Lipinski definition) is 0. The maximum absolute atomic E-state index is 12.2. The summed E-state index contributed by atoms with van der Waals surface area (Å²) < 4.78 is 26.0. The molecule has 0 aromatic rings. The molecule has 0 aromatic carbocycles. The van der Waals surface area contributed by atoms with E-state index in [1.165, 1.54) is 11.3 Å². The first-order chi connectivity index (χ1) is 9.81. The Labute approximate surface area is 127 Å². The highest BCUT2D eigenvalue weighted by atomic mass is 32.2. The van der Waals surface area contributed by atoms with Crippen molar-refractivity contribution < 1.29 is 8.42 Å². The summed E-state index contributed by atoms with van der Waals surface area (Å²) in [5.74, 6) is 1.82. The first-order valence-electron chi connectivity index (χ1n) is 7.82. The fourth-order valence-electron chi connectivity index (χ4n) is 3.87. The van der Waals surface area contributed by atoms with Crippen LogP contribution in [0.5, 0.6) is 0 Å². The zero-order valence-electron chi connectivity index (χ0n) is 13.3. The van der Waals surface area contributed by atoms with Crippen LogP contribution in [0.3, 0.4) is 0 Å². The molecule has 118 valence electrons. The summed E-state index contributed by atoms with van der Waals surface area (Å²) in [6, 6.07) is 0.323. The molecule has 6 heteroatoms. The van der Waals surface area contributed by atoms with Gasteiger partial charge in [0.25, 0.3) is 0 Å². The Bertz CT molecular complexity index is 606. The first-order valence-corrected chi connectivity index (χ1v) is 9.43. The minimum atomic E-state index is -3.03. The maximum atomic E-state index is 12.2. The molecule has 0 aromatic heterocycles. The van der Waals surface area contributed by atoms with Crippen LogP contribution in [-0.2, 0) is 10.0 Å². The summed E-state index contributed by atoms with van der Waals surface area (Å²) in [5.41, 5.74) is 2.61. The lowest BCUT2D eigenvalue weighted by molar-refractivity contribution is 0.344. The molecule has 0 aliphatic carbocycles. The highest BCUT2D eigenvalue weighted by Gasteiger charge is 2.42. The second-order valence-corrected chi connectivity index (χ2v) is 8.78. The molecule has 2 unspecified atom stereocenters. The number of hydrogen-bond acceptors (Lipinski definition) is 4. The summed E-state index contributed by atoms with van der Waals surface area (Å²) in [6.45, 7) is 10.0. The highest BCUT2D eigenvalue weighted by Crippen LogP contribution is 2.36. The summed E-state index contributed by atoms with van der Waals surface area (Å²) in [6.07, 6.45) is 1.60. The van der Waals surface area contributed by atoms with Crippen molar-refractivity contribution in [1.29, 1.82) is 0 Å². The molecule has 3 heterocycles. The third-order valence-corrected chi connectivity index (χ3v) is 6.94. The Balaban J connectivity index is 1.90. The summed E-state index contributed by atoms with van der Waals surface area (Å²) in [7, 11) is -3.03. The number of rotatable bonds is 2. The molecule has 3 rings (SSSR count). The second kappa shape index (κ2) is 5.09. The van der Waals surface area contributed by atoms with Crippen molar-refractivity contribution in [2.24, 2.45) is 10.9 Å². The lowest BCUT2D eigenvalue weighted by Crippen LogP contribution is -2.40. The Morgan fingerprint density at radius 1 is 1.29 bits per heavy atom. The number of fused-ring (bicyclic) bond motifs is 1. The highest BCUT2D eigenvalue weighted by molar-refractivity contribution is 7.89. The van der Waals surface area contributed by atoms with Crippen LogP contribution in [0.15, 0.2) is 16.3 Å². The molecule has 0 bridgehead atoms. The van der Waals surface area contributed by atoms with Crippen LogP contribution in [0, 0.1) is 5.92 Å². The van der Waals surface area contributed by atoms with Gasteiger partial charge in [-0.25, -0.2) is 8.42 Å². The SMILES string of the molecule is CC1=NC(C(C)C)C(C)=C2CC(N3CCCS3(=O)=O)CN12.